The van der Waals surface area contributed by atoms with Gasteiger partial charge in [0.15, 0.2) is 0 Å². The predicted octanol–water partition coefficient (Wildman–Crippen LogP) is 3.76. The van der Waals surface area contributed by atoms with Gasteiger partial charge in [-0.1, -0.05) is 91.0 Å². The molecule has 0 aliphatic carbocycles. The van der Waals surface area contributed by atoms with Crippen molar-refractivity contribution in [2.75, 3.05) is 0 Å². The first-order valence-electron chi connectivity index (χ1n) is 8.70. The predicted molar refractivity (Wildman–Crippen MR) is 109 cm³/mol. The minimum Gasteiger partial charge on any atom is -0.255 e. The lowest BCUT2D eigenvalue weighted by Crippen LogP contribution is -2.31. The van der Waals surface area contributed by atoms with Gasteiger partial charge in [-0.3, -0.25) is 4.79 Å². The van der Waals surface area contributed by atoms with E-state index < -0.39 is 0 Å². The molecule has 0 aliphatic heterocycles. The van der Waals surface area contributed by atoms with Gasteiger partial charge in [-0.2, -0.15) is 0 Å². The highest BCUT2D eigenvalue weighted by molar-refractivity contribution is 7.03. The SMILES string of the molecule is O=c1sn(C(c2ccccc2)c2ccccc2)c(=O)n1Cc1ccccc1. The van der Waals surface area contributed by atoms with Crippen molar-refractivity contribution in [2.24, 2.45) is 0 Å². The molecule has 4 aromatic rings. The number of hydrogen-bond donors (Lipinski definition) is 0. The number of benzene rings is 3. The normalized spacial score (nSPS) is 11.0. The number of hydrogen-bond acceptors (Lipinski definition) is 3. The standard InChI is InChI=1S/C22H18N2O2S/c25-21-23(16-17-10-4-1-5-11-17)22(26)27-24(21)20(18-12-6-2-7-13-18)19-14-8-3-9-15-19/h1-15,20H,16H2. The van der Waals surface area contributed by atoms with Crippen molar-refractivity contribution in [1.29, 1.82) is 0 Å². The van der Waals surface area contributed by atoms with Crippen LogP contribution in [0, 0.1) is 0 Å². The van der Waals surface area contributed by atoms with E-state index >= 15 is 0 Å². The van der Waals surface area contributed by atoms with E-state index in [0.717, 1.165) is 28.2 Å². The zero-order chi connectivity index (χ0) is 18.6. The van der Waals surface area contributed by atoms with Gasteiger partial charge in [0.25, 0.3) is 0 Å². The fourth-order valence-corrected chi connectivity index (χ4v) is 4.10. The van der Waals surface area contributed by atoms with Crippen molar-refractivity contribution in [3.63, 3.8) is 0 Å². The largest absolute Gasteiger partial charge is 0.342 e. The molecule has 0 amide bonds. The second-order valence-electron chi connectivity index (χ2n) is 6.26. The van der Waals surface area contributed by atoms with Crippen LogP contribution in [0.15, 0.2) is 101 Å². The molecule has 0 N–H and O–H groups in total. The van der Waals surface area contributed by atoms with Gasteiger partial charge in [-0.15, -0.1) is 0 Å². The average Bonchev–Trinajstić information content (AvgIpc) is 2.99. The summed E-state index contributed by atoms with van der Waals surface area (Å²) in [6, 6.07) is 28.8. The second-order valence-corrected chi connectivity index (χ2v) is 7.19. The summed E-state index contributed by atoms with van der Waals surface area (Å²) in [5, 5.41) is 0. The molecule has 4 rings (SSSR count). The molecule has 3 aromatic carbocycles. The molecule has 4 nitrogen and oxygen atoms in total. The molecule has 0 aliphatic rings. The molecule has 27 heavy (non-hydrogen) atoms. The topological polar surface area (TPSA) is 44.0 Å². The third-order valence-corrected chi connectivity index (χ3v) is 5.41. The molecule has 0 radical (unpaired) electrons. The molecule has 5 heteroatoms. The quantitative estimate of drug-likeness (QED) is 0.534. The molecule has 0 spiro atoms. The summed E-state index contributed by atoms with van der Waals surface area (Å²) in [5.41, 5.74) is 2.59. The van der Waals surface area contributed by atoms with Gasteiger partial charge in [-0.25, -0.2) is 13.3 Å². The van der Waals surface area contributed by atoms with Crippen molar-refractivity contribution in [1.82, 2.24) is 8.52 Å². The van der Waals surface area contributed by atoms with Crippen LogP contribution in [0.4, 0.5) is 0 Å². The molecular weight excluding hydrogens is 356 g/mol. The van der Waals surface area contributed by atoms with Crippen LogP contribution in [-0.2, 0) is 6.54 Å². The van der Waals surface area contributed by atoms with E-state index in [9.17, 15) is 9.59 Å². The summed E-state index contributed by atoms with van der Waals surface area (Å²) in [5.74, 6) is 0. The minimum atomic E-state index is -0.324. The van der Waals surface area contributed by atoms with E-state index in [1.165, 1.54) is 4.57 Å². The van der Waals surface area contributed by atoms with E-state index in [2.05, 4.69) is 0 Å². The Kier molecular flexibility index (Phi) is 4.85. The second kappa shape index (κ2) is 7.60. The Balaban J connectivity index is 1.83. The molecule has 0 atom stereocenters. The van der Waals surface area contributed by atoms with Crippen LogP contribution in [0.1, 0.15) is 22.7 Å². The van der Waals surface area contributed by atoms with Crippen LogP contribution in [0.3, 0.4) is 0 Å². The summed E-state index contributed by atoms with van der Waals surface area (Å²) in [4.78, 5) is 25.5. The number of aromatic nitrogens is 2. The molecular formula is C22H18N2O2S. The molecule has 1 heterocycles. The summed E-state index contributed by atoms with van der Waals surface area (Å²) in [6.45, 7) is 0.276. The Morgan fingerprint density at radius 2 is 1.19 bits per heavy atom. The van der Waals surface area contributed by atoms with Crippen LogP contribution in [0.2, 0.25) is 0 Å². The highest BCUT2D eigenvalue weighted by Crippen LogP contribution is 2.26. The Hall–Kier alpha value is -3.18. The minimum absolute atomic E-state index is 0.249. The van der Waals surface area contributed by atoms with E-state index in [1.807, 2.05) is 91.0 Å². The first-order valence-corrected chi connectivity index (χ1v) is 9.48. The molecule has 1 aromatic heterocycles. The van der Waals surface area contributed by atoms with Crippen LogP contribution in [-0.4, -0.2) is 8.52 Å². The summed E-state index contributed by atoms with van der Waals surface area (Å²) in [7, 11) is 0. The summed E-state index contributed by atoms with van der Waals surface area (Å²) < 4.78 is 2.88. The number of nitrogens with zero attached hydrogens (tertiary/aromatic N) is 2. The van der Waals surface area contributed by atoms with E-state index in [-0.39, 0.29) is 23.1 Å². The maximum absolute atomic E-state index is 13.1. The van der Waals surface area contributed by atoms with Crippen molar-refractivity contribution >= 4 is 11.5 Å². The zero-order valence-electron chi connectivity index (χ0n) is 14.6. The van der Waals surface area contributed by atoms with Crippen molar-refractivity contribution in [2.45, 2.75) is 12.6 Å². The van der Waals surface area contributed by atoms with Gasteiger partial charge in [-0.05, 0) is 16.7 Å². The maximum atomic E-state index is 13.1. The lowest BCUT2D eigenvalue weighted by molar-refractivity contribution is 0.639. The lowest BCUT2D eigenvalue weighted by Gasteiger charge is -2.17. The first kappa shape index (κ1) is 17.2. The van der Waals surface area contributed by atoms with Gasteiger partial charge in [0.1, 0.15) is 0 Å². The third-order valence-electron chi connectivity index (χ3n) is 4.46. The Labute approximate surface area is 160 Å². The van der Waals surface area contributed by atoms with Gasteiger partial charge in [0, 0.05) is 11.5 Å². The summed E-state index contributed by atoms with van der Waals surface area (Å²) >= 11 is 0.970. The van der Waals surface area contributed by atoms with E-state index in [1.54, 1.807) is 3.96 Å². The number of rotatable bonds is 5. The summed E-state index contributed by atoms with van der Waals surface area (Å²) in [6.07, 6.45) is 0. The third kappa shape index (κ3) is 3.55. The smallest absolute Gasteiger partial charge is 0.255 e. The molecule has 0 unspecified atom stereocenters. The van der Waals surface area contributed by atoms with Crippen molar-refractivity contribution in [3.8, 4) is 0 Å². The first-order chi connectivity index (χ1) is 13.2. The molecule has 0 bridgehead atoms. The molecule has 0 saturated heterocycles. The maximum Gasteiger partial charge on any atom is 0.342 e. The Morgan fingerprint density at radius 1 is 0.704 bits per heavy atom. The fraction of sp³-hybridized carbons (Fsp3) is 0.0909. The highest BCUT2D eigenvalue weighted by Gasteiger charge is 2.22. The Bertz CT molecular complexity index is 1090. The van der Waals surface area contributed by atoms with E-state index in [4.69, 9.17) is 0 Å². The van der Waals surface area contributed by atoms with Gasteiger partial charge in [0.05, 0.1) is 12.6 Å². The lowest BCUT2D eigenvalue weighted by atomic mass is 9.99. The van der Waals surface area contributed by atoms with Gasteiger partial charge >= 0.3 is 10.6 Å². The Morgan fingerprint density at radius 3 is 1.70 bits per heavy atom. The van der Waals surface area contributed by atoms with Gasteiger partial charge < -0.3 is 0 Å². The molecule has 0 saturated carbocycles. The molecule has 134 valence electrons. The average molecular weight is 374 g/mol. The van der Waals surface area contributed by atoms with Crippen LogP contribution >= 0.6 is 11.5 Å². The van der Waals surface area contributed by atoms with Crippen molar-refractivity contribution in [3.05, 3.63) is 128 Å². The zero-order valence-corrected chi connectivity index (χ0v) is 15.4. The van der Waals surface area contributed by atoms with Gasteiger partial charge in [0.2, 0.25) is 0 Å². The fourth-order valence-electron chi connectivity index (χ4n) is 3.16. The van der Waals surface area contributed by atoms with Crippen LogP contribution in [0.25, 0.3) is 0 Å². The van der Waals surface area contributed by atoms with Crippen LogP contribution in [0.5, 0.6) is 0 Å². The monoisotopic (exact) mass is 374 g/mol. The van der Waals surface area contributed by atoms with E-state index in [0.29, 0.717) is 0 Å². The molecule has 0 fully saturated rings. The van der Waals surface area contributed by atoms with Crippen LogP contribution < -0.4 is 10.6 Å². The van der Waals surface area contributed by atoms with Crippen molar-refractivity contribution < 1.29 is 0 Å². The highest BCUT2D eigenvalue weighted by atomic mass is 32.1.